The van der Waals surface area contributed by atoms with Crippen molar-refractivity contribution in [1.29, 1.82) is 0 Å². The third-order valence-electron chi connectivity index (χ3n) is 6.14. The molecular weight excluding hydrogens is 360 g/mol. The summed E-state index contributed by atoms with van der Waals surface area (Å²) in [4.78, 5) is 23.2. The molecule has 5 heteroatoms. The molecule has 29 heavy (non-hydrogen) atoms. The highest BCUT2D eigenvalue weighted by Gasteiger charge is 2.28. The number of benzene rings is 1. The second-order valence-corrected chi connectivity index (χ2v) is 7.98. The van der Waals surface area contributed by atoms with E-state index in [1.54, 1.807) is 0 Å². The maximum Gasteiger partial charge on any atom is 0.253 e. The average Bonchev–Trinajstić information content (AvgIpc) is 3.06. The van der Waals surface area contributed by atoms with Crippen LogP contribution < -0.4 is 5.32 Å². The van der Waals surface area contributed by atoms with Crippen molar-refractivity contribution >= 4 is 11.5 Å². The summed E-state index contributed by atoms with van der Waals surface area (Å²) in [5, 5.41) is 3.10. The van der Waals surface area contributed by atoms with E-state index in [1.807, 2.05) is 30.2 Å². The van der Waals surface area contributed by atoms with Crippen LogP contribution in [0.4, 0.5) is 0 Å². The molecule has 1 aliphatic carbocycles. The van der Waals surface area contributed by atoms with Gasteiger partial charge >= 0.3 is 0 Å². The Morgan fingerprint density at radius 3 is 2.72 bits per heavy atom. The first kappa shape index (κ1) is 18.0. The molecule has 0 radical (unpaired) electrons. The number of hydrogen-bond acceptors (Lipinski definition) is 3. The van der Waals surface area contributed by atoms with E-state index in [9.17, 15) is 4.79 Å². The predicted octanol–water partition coefficient (Wildman–Crippen LogP) is 3.28. The van der Waals surface area contributed by atoms with E-state index in [-0.39, 0.29) is 5.91 Å². The Morgan fingerprint density at radius 1 is 1.10 bits per heavy atom. The molecule has 1 aromatic heterocycles. The van der Waals surface area contributed by atoms with Gasteiger partial charge in [0.1, 0.15) is 5.82 Å². The molecule has 5 rings (SSSR count). The van der Waals surface area contributed by atoms with Crippen molar-refractivity contribution in [2.75, 3.05) is 19.6 Å². The SMILES string of the molecule is Cc1nc2c([nH]1)CCc1ccccc1C2=C1CCN(C(=O)C2=CCNC=C2)CC1. The molecule has 1 fully saturated rings. The number of fused-ring (bicyclic) bond motifs is 2. The molecule has 1 amide bonds. The number of aryl methyl sites for hydroxylation is 3. The number of dihydropyridines is 1. The summed E-state index contributed by atoms with van der Waals surface area (Å²) in [5.74, 6) is 1.12. The molecule has 3 heterocycles. The zero-order chi connectivity index (χ0) is 19.8. The topological polar surface area (TPSA) is 61.0 Å². The summed E-state index contributed by atoms with van der Waals surface area (Å²) in [6, 6.07) is 8.72. The number of nitrogens with zero attached hydrogens (tertiary/aromatic N) is 2. The zero-order valence-electron chi connectivity index (χ0n) is 16.8. The van der Waals surface area contributed by atoms with Crippen LogP contribution in [0.2, 0.25) is 0 Å². The first-order valence-electron chi connectivity index (χ1n) is 10.5. The molecule has 2 aromatic rings. The van der Waals surface area contributed by atoms with E-state index in [2.05, 4.69) is 34.6 Å². The second-order valence-electron chi connectivity index (χ2n) is 7.98. The highest BCUT2D eigenvalue weighted by molar-refractivity contribution is 5.96. The first-order chi connectivity index (χ1) is 14.2. The smallest absolute Gasteiger partial charge is 0.253 e. The molecule has 1 aromatic carbocycles. The maximum absolute atomic E-state index is 12.8. The molecule has 1 saturated heterocycles. The van der Waals surface area contributed by atoms with E-state index >= 15 is 0 Å². The Morgan fingerprint density at radius 2 is 1.93 bits per heavy atom. The average molecular weight is 386 g/mol. The summed E-state index contributed by atoms with van der Waals surface area (Å²) in [5.41, 5.74) is 8.58. The van der Waals surface area contributed by atoms with Crippen molar-refractivity contribution in [2.24, 2.45) is 0 Å². The van der Waals surface area contributed by atoms with E-state index < -0.39 is 0 Å². The maximum atomic E-state index is 12.8. The minimum absolute atomic E-state index is 0.143. The van der Waals surface area contributed by atoms with Crippen molar-refractivity contribution in [2.45, 2.75) is 32.6 Å². The largest absolute Gasteiger partial charge is 0.387 e. The second kappa shape index (κ2) is 7.39. The molecule has 0 spiro atoms. The highest BCUT2D eigenvalue weighted by Crippen LogP contribution is 2.37. The molecule has 2 N–H and O–H groups in total. The number of hydrogen-bond donors (Lipinski definition) is 2. The van der Waals surface area contributed by atoms with Crippen LogP contribution in [0.5, 0.6) is 0 Å². The number of carbonyl (C=O) groups excluding carboxylic acids is 1. The molecule has 0 atom stereocenters. The van der Waals surface area contributed by atoms with Crippen molar-refractivity contribution < 1.29 is 4.79 Å². The van der Waals surface area contributed by atoms with Crippen molar-refractivity contribution in [3.05, 3.63) is 82.1 Å². The summed E-state index contributed by atoms with van der Waals surface area (Å²) >= 11 is 0. The summed E-state index contributed by atoms with van der Waals surface area (Å²) < 4.78 is 0. The number of rotatable bonds is 1. The van der Waals surface area contributed by atoms with Gasteiger partial charge in [0, 0.05) is 36.5 Å². The Bertz CT molecular complexity index is 1050. The van der Waals surface area contributed by atoms with E-state index in [0.717, 1.165) is 62.4 Å². The van der Waals surface area contributed by atoms with Crippen molar-refractivity contribution in [1.82, 2.24) is 20.2 Å². The third-order valence-corrected chi connectivity index (χ3v) is 6.14. The number of likely N-dealkylation sites (tertiary alicyclic amines) is 1. The van der Waals surface area contributed by atoms with Crippen molar-refractivity contribution in [3.63, 3.8) is 0 Å². The Kier molecular flexibility index (Phi) is 4.58. The first-order valence-corrected chi connectivity index (χ1v) is 10.5. The van der Waals surface area contributed by atoms with Gasteiger partial charge in [0.25, 0.3) is 5.91 Å². The van der Waals surface area contributed by atoms with Gasteiger partial charge in [-0.2, -0.15) is 0 Å². The van der Waals surface area contributed by atoms with Gasteiger partial charge in [-0.05, 0) is 56.0 Å². The van der Waals surface area contributed by atoms with Gasteiger partial charge in [-0.1, -0.05) is 35.9 Å². The van der Waals surface area contributed by atoms with Crippen LogP contribution in [0.1, 0.15) is 41.2 Å². The van der Waals surface area contributed by atoms with Crippen LogP contribution in [-0.4, -0.2) is 40.4 Å². The number of aromatic amines is 1. The van der Waals surface area contributed by atoms with Crippen LogP contribution >= 0.6 is 0 Å². The van der Waals surface area contributed by atoms with E-state index in [1.165, 1.54) is 28.0 Å². The van der Waals surface area contributed by atoms with Crippen molar-refractivity contribution in [3.8, 4) is 0 Å². The minimum Gasteiger partial charge on any atom is -0.387 e. The minimum atomic E-state index is 0.143. The van der Waals surface area contributed by atoms with Gasteiger partial charge in [-0.3, -0.25) is 4.79 Å². The molecule has 0 unspecified atom stereocenters. The fourth-order valence-corrected chi connectivity index (χ4v) is 4.68. The lowest BCUT2D eigenvalue weighted by Gasteiger charge is -2.31. The normalized spacial score (nSPS) is 18.5. The van der Waals surface area contributed by atoms with Gasteiger partial charge in [-0.25, -0.2) is 4.98 Å². The Hall–Kier alpha value is -3.08. The summed E-state index contributed by atoms with van der Waals surface area (Å²) in [6.45, 7) is 4.28. The number of imidazole rings is 1. The van der Waals surface area contributed by atoms with Crippen LogP contribution in [0, 0.1) is 6.92 Å². The lowest BCUT2D eigenvalue weighted by molar-refractivity contribution is -0.127. The highest BCUT2D eigenvalue weighted by atomic mass is 16.2. The molecule has 148 valence electrons. The number of piperidine rings is 1. The molecule has 5 nitrogen and oxygen atoms in total. The van der Waals surface area contributed by atoms with Crippen LogP contribution in [0.25, 0.3) is 5.57 Å². The predicted molar refractivity (Wildman–Crippen MR) is 114 cm³/mol. The van der Waals surface area contributed by atoms with Gasteiger partial charge in [0.2, 0.25) is 0 Å². The number of carbonyl (C=O) groups is 1. The fourth-order valence-electron chi connectivity index (χ4n) is 4.68. The number of amides is 1. The van der Waals surface area contributed by atoms with Gasteiger partial charge in [0.05, 0.1) is 5.69 Å². The van der Waals surface area contributed by atoms with E-state index in [0.29, 0.717) is 0 Å². The molecule has 2 aliphatic heterocycles. The molecule has 3 aliphatic rings. The van der Waals surface area contributed by atoms with Crippen LogP contribution in [0.15, 0.2) is 53.8 Å². The van der Waals surface area contributed by atoms with Gasteiger partial charge in [-0.15, -0.1) is 0 Å². The Balaban J connectivity index is 1.48. The van der Waals surface area contributed by atoms with Crippen LogP contribution in [0.3, 0.4) is 0 Å². The quantitative estimate of drug-likeness (QED) is 0.791. The standard InChI is InChI=1S/C24H26N4O/c1-16-26-21-7-6-17-4-2-3-5-20(17)22(23(21)27-16)18-10-14-28(15-11-18)24(29)19-8-12-25-13-9-19/h2-5,8-9,12,25H,6-7,10-11,13-15H2,1H3,(H,26,27). The van der Waals surface area contributed by atoms with Gasteiger partial charge < -0.3 is 15.2 Å². The van der Waals surface area contributed by atoms with E-state index in [4.69, 9.17) is 4.98 Å². The number of nitrogens with one attached hydrogen (secondary N) is 2. The number of aromatic nitrogens is 2. The van der Waals surface area contributed by atoms with Crippen LogP contribution in [-0.2, 0) is 17.6 Å². The summed E-state index contributed by atoms with van der Waals surface area (Å²) in [6.07, 6.45) is 9.51. The fraction of sp³-hybridized carbons (Fsp3) is 0.333. The molecule has 0 bridgehead atoms. The zero-order valence-corrected chi connectivity index (χ0v) is 16.8. The summed E-state index contributed by atoms with van der Waals surface area (Å²) in [7, 11) is 0. The number of H-pyrrole nitrogens is 1. The van der Waals surface area contributed by atoms with Gasteiger partial charge in [0.15, 0.2) is 0 Å². The molecular formula is C24H26N4O. The monoisotopic (exact) mass is 386 g/mol. The Labute approximate surface area is 171 Å². The third kappa shape index (κ3) is 3.31. The molecule has 0 saturated carbocycles. The lowest BCUT2D eigenvalue weighted by atomic mass is 9.89. The lowest BCUT2D eigenvalue weighted by Crippen LogP contribution is -2.37.